The highest BCUT2D eigenvalue weighted by Gasteiger charge is 2.34. The van der Waals surface area contributed by atoms with Gasteiger partial charge in [0.15, 0.2) is 0 Å². The molecule has 0 amide bonds. The second kappa shape index (κ2) is 5.84. The van der Waals surface area contributed by atoms with E-state index in [0.717, 1.165) is 11.8 Å². The lowest BCUT2D eigenvalue weighted by atomic mass is 9.68. The molecule has 0 aromatic heterocycles. The van der Waals surface area contributed by atoms with Crippen LogP contribution in [0.25, 0.3) is 0 Å². The van der Waals surface area contributed by atoms with E-state index in [0.29, 0.717) is 11.7 Å². The summed E-state index contributed by atoms with van der Waals surface area (Å²) in [6.45, 7) is 1.84. The summed E-state index contributed by atoms with van der Waals surface area (Å²) < 4.78 is 0. The van der Waals surface area contributed by atoms with E-state index in [4.69, 9.17) is 0 Å². The Kier molecular flexibility index (Phi) is 4.43. The molecule has 1 heteroatoms. The highest BCUT2D eigenvalue weighted by Crippen LogP contribution is 2.40. The van der Waals surface area contributed by atoms with E-state index >= 15 is 0 Å². The molecule has 1 nitrogen and oxygen atoms in total. The maximum atomic E-state index is 11.9. The third-order valence-corrected chi connectivity index (χ3v) is 4.78. The van der Waals surface area contributed by atoms with Crippen LogP contribution in [-0.2, 0) is 4.79 Å². The molecule has 0 radical (unpaired) electrons. The van der Waals surface area contributed by atoms with Gasteiger partial charge in [-0.2, -0.15) is 0 Å². The lowest BCUT2D eigenvalue weighted by Crippen LogP contribution is -2.32. The second-order valence-electron chi connectivity index (χ2n) is 5.93. The molecule has 2 aliphatic rings. The zero-order chi connectivity index (χ0) is 11.4. The SMILES string of the molecule is CC(=O)C(C1CCCCC1)C1CCCCC1. The number of carbonyl (C=O) groups is 1. The van der Waals surface area contributed by atoms with Crippen LogP contribution in [0.5, 0.6) is 0 Å². The van der Waals surface area contributed by atoms with Gasteiger partial charge in [0, 0.05) is 5.92 Å². The van der Waals surface area contributed by atoms with Gasteiger partial charge in [-0.1, -0.05) is 38.5 Å². The topological polar surface area (TPSA) is 17.1 Å². The summed E-state index contributed by atoms with van der Waals surface area (Å²) in [7, 11) is 0. The number of ketones is 1. The lowest BCUT2D eigenvalue weighted by Gasteiger charge is -2.36. The predicted octanol–water partition coefficient (Wildman–Crippen LogP) is 4.35. The minimum absolute atomic E-state index is 0.417. The molecule has 0 bridgehead atoms. The highest BCUT2D eigenvalue weighted by atomic mass is 16.1. The van der Waals surface area contributed by atoms with Crippen molar-refractivity contribution in [3.63, 3.8) is 0 Å². The number of Topliss-reactive ketones (excluding diaryl/α,β-unsaturated/α-hetero) is 1. The van der Waals surface area contributed by atoms with Gasteiger partial charge in [-0.15, -0.1) is 0 Å². The molecule has 0 atom stereocenters. The van der Waals surface area contributed by atoms with Gasteiger partial charge >= 0.3 is 0 Å². The molecule has 0 saturated heterocycles. The van der Waals surface area contributed by atoms with Gasteiger partial charge in [0.2, 0.25) is 0 Å². The normalized spacial score (nSPS) is 24.9. The molecule has 0 N–H and O–H groups in total. The Morgan fingerprint density at radius 2 is 1.19 bits per heavy atom. The zero-order valence-corrected chi connectivity index (χ0v) is 10.7. The van der Waals surface area contributed by atoms with Gasteiger partial charge in [0.05, 0.1) is 0 Å². The average Bonchev–Trinajstić information content (AvgIpc) is 2.31. The van der Waals surface area contributed by atoms with Gasteiger partial charge in [-0.25, -0.2) is 0 Å². The third kappa shape index (κ3) is 2.87. The van der Waals surface area contributed by atoms with Crippen LogP contribution in [0.4, 0.5) is 0 Å². The molecule has 92 valence electrons. The first-order valence-electron chi connectivity index (χ1n) is 7.29. The van der Waals surface area contributed by atoms with Gasteiger partial charge in [0.1, 0.15) is 5.78 Å². The van der Waals surface area contributed by atoms with Crippen molar-refractivity contribution in [2.24, 2.45) is 17.8 Å². The van der Waals surface area contributed by atoms with E-state index in [1.165, 1.54) is 64.2 Å². The summed E-state index contributed by atoms with van der Waals surface area (Å²) in [6.07, 6.45) is 13.5. The van der Waals surface area contributed by atoms with Crippen LogP contribution in [-0.4, -0.2) is 5.78 Å². The zero-order valence-electron chi connectivity index (χ0n) is 10.7. The van der Waals surface area contributed by atoms with Crippen molar-refractivity contribution in [2.45, 2.75) is 71.1 Å². The Labute approximate surface area is 100.0 Å². The Morgan fingerprint density at radius 3 is 1.50 bits per heavy atom. The fraction of sp³-hybridized carbons (Fsp3) is 0.933. The largest absolute Gasteiger partial charge is 0.300 e. The van der Waals surface area contributed by atoms with Crippen molar-refractivity contribution >= 4 is 5.78 Å². The molecule has 0 aliphatic heterocycles. The van der Waals surface area contributed by atoms with E-state index < -0.39 is 0 Å². The summed E-state index contributed by atoms with van der Waals surface area (Å²) in [5.74, 6) is 2.36. The smallest absolute Gasteiger partial charge is 0.133 e. The number of hydrogen-bond acceptors (Lipinski definition) is 1. The molecule has 2 rings (SSSR count). The summed E-state index contributed by atoms with van der Waals surface area (Å²) >= 11 is 0. The molecule has 2 aliphatic carbocycles. The van der Waals surface area contributed by atoms with E-state index in [-0.39, 0.29) is 0 Å². The van der Waals surface area contributed by atoms with Crippen molar-refractivity contribution < 1.29 is 4.79 Å². The molecule has 0 heterocycles. The molecule has 0 aromatic carbocycles. The molecule has 0 aromatic rings. The Hall–Kier alpha value is -0.330. The molecule has 2 fully saturated rings. The minimum atomic E-state index is 0.417. The Balaban J connectivity index is 1.99. The first kappa shape index (κ1) is 12.1. The van der Waals surface area contributed by atoms with Crippen molar-refractivity contribution in [1.29, 1.82) is 0 Å². The molecule has 2 saturated carbocycles. The molecule has 0 spiro atoms. The first-order valence-corrected chi connectivity index (χ1v) is 7.29. The highest BCUT2D eigenvalue weighted by molar-refractivity contribution is 5.79. The van der Waals surface area contributed by atoms with Crippen molar-refractivity contribution in [3.8, 4) is 0 Å². The summed E-state index contributed by atoms with van der Waals surface area (Å²) in [5, 5.41) is 0. The van der Waals surface area contributed by atoms with E-state index in [2.05, 4.69) is 0 Å². The lowest BCUT2D eigenvalue weighted by molar-refractivity contribution is -0.125. The van der Waals surface area contributed by atoms with Crippen LogP contribution in [0.2, 0.25) is 0 Å². The maximum absolute atomic E-state index is 11.9. The van der Waals surface area contributed by atoms with E-state index in [1.807, 2.05) is 6.92 Å². The van der Waals surface area contributed by atoms with Gasteiger partial charge in [-0.3, -0.25) is 4.79 Å². The number of carbonyl (C=O) groups excluding carboxylic acids is 1. The standard InChI is InChI=1S/C15H26O/c1-12(16)15(13-8-4-2-5-9-13)14-10-6-3-7-11-14/h13-15H,2-11H2,1H3. The van der Waals surface area contributed by atoms with Crippen LogP contribution < -0.4 is 0 Å². The Bertz CT molecular complexity index is 204. The Morgan fingerprint density at radius 1 is 0.812 bits per heavy atom. The van der Waals surface area contributed by atoms with Crippen LogP contribution in [0.1, 0.15) is 71.1 Å². The minimum Gasteiger partial charge on any atom is -0.300 e. The molecule has 16 heavy (non-hydrogen) atoms. The fourth-order valence-corrected chi connectivity index (χ4v) is 4.04. The van der Waals surface area contributed by atoms with Crippen molar-refractivity contribution in [3.05, 3.63) is 0 Å². The van der Waals surface area contributed by atoms with E-state index in [1.54, 1.807) is 0 Å². The second-order valence-corrected chi connectivity index (χ2v) is 5.93. The number of hydrogen-bond donors (Lipinski definition) is 0. The van der Waals surface area contributed by atoms with Gasteiger partial charge < -0.3 is 0 Å². The summed E-state index contributed by atoms with van der Waals surface area (Å²) in [6, 6.07) is 0. The first-order chi connectivity index (χ1) is 7.79. The molecular formula is C15H26O. The maximum Gasteiger partial charge on any atom is 0.133 e. The molecular weight excluding hydrogens is 196 g/mol. The fourth-order valence-electron chi connectivity index (χ4n) is 4.04. The summed E-state index contributed by atoms with van der Waals surface area (Å²) in [5.41, 5.74) is 0. The van der Waals surface area contributed by atoms with Gasteiger partial charge in [-0.05, 0) is 44.4 Å². The van der Waals surface area contributed by atoms with Crippen LogP contribution in [0.3, 0.4) is 0 Å². The van der Waals surface area contributed by atoms with Crippen LogP contribution in [0, 0.1) is 17.8 Å². The van der Waals surface area contributed by atoms with Crippen molar-refractivity contribution in [1.82, 2.24) is 0 Å². The monoisotopic (exact) mass is 222 g/mol. The van der Waals surface area contributed by atoms with Gasteiger partial charge in [0.25, 0.3) is 0 Å². The predicted molar refractivity (Wildman–Crippen MR) is 67.3 cm³/mol. The summed E-state index contributed by atoms with van der Waals surface area (Å²) in [4.78, 5) is 11.9. The van der Waals surface area contributed by atoms with Crippen molar-refractivity contribution in [2.75, 3.05) is 0 Å². The van der Waals surface area contributed by atoms with Crippen LogP contribution >= 0.6 is 0 Å². The van der Waals surface area contributed by atoms with E-state index in [9.17, 15) is 4.79 Å². The number of rotatable bonds is 3. The van der Waals surface area contributed by atoms with Crippen LogP contribution in [0.15, 0.2) is 0 Å². The third-order valence-electron chi connectivity index (χ3n) is 4.78. The molecule has 0 unspecified atom stereocenters. The quantitative estimate of drug-likeness (QED) is 0.693. The average molecular weight is 222 g/mol.